The number of carbonyl (C=O) groups excluding carboxylic acids is 1. The van der Waals surface area contributed by atoms with Crippen LogP contribution in [0.15, 0.2) is 12.1 Å². The maximum atomic E-state index is 11.4. The van der Waals surface area contributed by atoms with Gasteiger partial charge in [0.25, 0.3) is 12.3 Å². The monoisotopic (exact) mass is 424 g/mol. The number of amides is 1. The Hall–Kier alpha value is -1.68. The zero-order chi connectivity index (χ0) is 20.6. The molecule has 2 fully saturated rings. The largest absolute Gasteiger partial charge is 0.493 e. The molecule has 3 aliphatic rings. The summed E-state index contributed by atoms with van der Waals surface area (Å²) in [5.41, 5.74) is 7.96. The van der Waals surface area contributed by atoms with E-state index in [1.54, 1.807) is 7.11 Å². The molecule has 160 valence electrons. The van der Waals surface area contributed by atoms with Gasteiger partial charge in [0.2, 0.25) is 0 Å². The lowest BCUT2D eigenvalue weighted by atomic mass is 9.55. The fourth-order valence-electron chi connectivity index (χ4n) is 6.15. The highest BCUT2D eigenvalue weighted by Crippen LogP contribution is 2.62. The number of fused-ring (bicyclic) bond motifs is 5. The zero-order valence-electron chi connectivity index (χ0n) is 16.7. The average molecular weight is 425 g/mol. The number of primary amides is 1. The zero-order valence-corrected chi connectivity index (χ0v) is 17.5. The molecular weight excluding hydrogens is 396 g/mol. The van der Waals surface area contributed by atoms with Crippen LogP contribution < -0.4 is 20.6 Å². The van der Waals surface area contributed by atoms with Crippen LogP contribution in [0.3, 0.4) is 0 Å². The molecule has 1 aromatic rings. The van der Waals surface area contributed by atoms with Crippen molar-refractivity contribution in [3.05, 3.63) is 23.3 Å². The van der Waals surface area contributed by atoms with E-state index >= 15 is 0 Å². The molecule has 5 atom stereocenters. The Labute approximate surface area is 174 Å². The number of carbonyl (C=O) groups is 1. The third-order valence-electron chi connectivity index (χ3n) is 7.37. The Morgan fingerprint density at radius 3 is 2.76 bits per heavy atom. The molecule has 3 unspecified atom stereocenters. The summed E-state index contributed by atoms with van der Waals surface area (Å²) in [5.74, 6) is 7.67. The lowest BCUT2D eigenvalue weighted by molar-refractivity contribution is -0.199. The summed E-state index contributed by atoms with van der Waals surface area (Å²) in [6.45, 7) is 2.28. The summed E-state index contributed by atoms with van der Waals surface area (Å²) in [4.78, 5) is 15.4. The van der Waals surface area contributed by atoms with Crippen molar-refractivity contribution >= 4 is 18.4 Å². The maximum absolute atomic E-state index is 11.4. The van der Waals surface area contributed by atoms with E-state index < -0.39 is 6.09 Å². The quantitative estimate of drug-likeness (QED) is 0.307. The number of hydrogen-bond donors (Lipinski definition) is 2. The van der Waals surface area contributed by atoms with Gasteiger partial charge in [-0.15, -0.1) is 9.32 Å². The van der Waals surface area contributed by atoms with Crippen molar-refractivity contribution in [2.45, 2.75) is 57.5 Å². The van der Waals surface area contributed by atoms with Gasteiger partial charge >= 0.3 is 6.09 Å². The second-order valence-electron chi connectivity index (χ2n) is 8.48. The number of nitrogens with two attached hydrogens (primary N) is 2. The van der Waals surface area contributed by atoms with E-state index in [9.17, 15) is 4.79 Å². The smallest absolute Gasteiger partial charge is 0.404 e. The summed E-state index contributed by atoms with van der Waals surface area (Å²) in [5, 5.41) is 0. The van der Waals surface area contributed by atoms with Crippen molar-refractivity contribution < 1.29 is 27.8 Å². The van der Waals surface area contributed by atoms with Crippen LogP contribution >= 0.6 is 12.3 Å². The molecule has 3 aliphatic carbocycles. The highest BCUT2D eigenvalue weighted by Gasteiger charge is 2.56. The maximum Gasteiger partial charge on any atom is 0.404 e. The van der Waals surface area contributed by atoms with Gasteiger partial charge in [-0.1, -0.05) is 6.92 Å². The Morgan fingerprint density at radius 2 is 2.03 bits per heavy atom. The summed E-state index contributed by atoms with van der Waals surface area (Å²) in [6.07, 6.45) is 5.42. The number of rotatable bonds is 6. The molecular formula is C20H28N2O6S. The van der Waals surface area contributed by atoms with Crippen LogP contribution in [0.25, 0.3) is 0 Å². The SMILES string of the molecule is COc1cc2c(cc1OSOON)CCC1C2CC[C@@]2(C)C1CC[C@@H]2OC(N)=O. The van der Waals surface area contributed by atoms with Gasteiger partial charge in [-0.2, -0.15) is 5.90 Å². The van der Waals surface area contributed by atoms with Gasteiger partial charge in [0.15, 0.2) is 11.5 Å². The van der Waals surface area contributed by atoms with Gasteiger partial charge < -0.3 is 19.4 Å². The number of hydrogen-bond acceptors (Lipinski definition) is 8. The first-order valence-corrected chi connectivity index (χ1v) is 10.7. The Morgan fingerprint density at radius 1 is 1.21 bits per heavy atom. The Balaban J connectivity index is 1.58. The second kappa shape index (κ2) is 8.22. The number of aryl methyl sites for hydroxylation is 1. The first-order valence-electron chi connectivity index (χ1n) is 10.0. The molecule has 0 spiro atoms. The van der Waals surface area contributed by atoms with Gasteiger partial charge in [0, 0.05) is 5.41 Å². The van der Waals surface area contributed by atoms with E-state index in [1.807, 2.05) is 6.07 Å². The van der Waals surface area contributed by atoms with Crippen molar-refractivity contribution in [3.63, 3.8) is 0 Å². The molecule has 0 heterocycles. The first-order chi connectivity index (χ1) is 14.0. The van der Waals surface area contributed by atoms with Gasteiger partial charge in [-0.05, 0) is 79.5 Å². The topological polar surface area (TPSA) is 115 Å². The van der Waals surface area contributed by atoms with E-state index in [0.717, 1.165) is 38.5 Å². The van der Waals surface area contributed by atoms with Gasteiger partial charge in [-0.25, -0.2) is 4.79 Å². The molecule has 0 radical (unpaired) electrons. The normalized spacial score (nSPS) is 32.7. The van der Waals surface area contributed by atoms with E-state index in [0.29, 0.717) is 41.6 Å². The highest BCUT2D eigenvalue weighted by molar-refractivity contribution is 7.90. The van der Waals surface area contributed by atoms with E-state index in [-0.39, 0.29) is 11.5 Å². The minimum Gasteiger partial charge on any atom is -0.493 e. The van der Waals surface area contributed by atoms with E-state index in [1.165, 1.54) is 11.1 Å². The average Bonchev–Trinajstić information content (AvgIpc) is 3.03. The molecule has 0 bridgehead atoms. The molecule has 1 aromatic carbocycles. The Bertz CT molecular complexity index is 778. The Kier molecular flexibility index (Phi) is 5.83. The molecule has 4 rings (SSSR count). The number of methoxy groups -OCH3 is 1. The fraction of sp³-hybridized carbons (Fsp3) is 0.650. The van der Waals surface area contributed by atoms with Crippen LogP contribution in [0.1, 0.15) is 56.1 Å². The predicted octanol–water partition coefficient (Wildman–Crippen LogP) is 3.78. The minimum absolute atomic E-state index is 0.0110. The lowest BCUT2D eigenvalue weighted by Gasteiger charge is -2.50. The predicted molar refractivity (Wildman–Crippen MR) is 107 cm³/mol. The fourth-order valence-corrected chi connectivity index (χ4v) is 6.42. The molecule has 1 amide bonds. The molecule has 29 heavy (non-hydrogen) atoms. The summed E-state index contributed by atoms with van der Waals surface area (Å²) >= 11 is 0.647. The van der Waals surface area contributed by atoms with Crippen LogP contribution in [0.5, 0.6) is 11.5 Å². The minimum atomic E-state index is -0.660. The summed E-state index contributed by atoms with van der Waals surface area (Å²) < 4.78 is 21.1. The summed E-state index contributed by atoms with van der Waals surface area (Å²) in [6, 6.07) is 4.12. The number of benzene rings is 1. The van der Waals surface area contributed by atoms with Crippen LogP contribution in [-0.2, 0) is 20.5 Å². The van der Waals surface area contributed by atoms with Crippen molar-refractivity contribution in [1.29, 1.82) is 0 Å². The first kappa shape index (κ1) is 20.6. The second-order valence-corrected chi connectivity index (χ2v) is 8.92. The van der Waals surface area contributed by atoms with Crippen molar-refractivity contribution in [3.8, 4) is 11.5 Å². The van der Waals surface area contributed by atoms with Gasteiger partial charge in [0.1, 0.15) is 6.10 Å². The molecule has 9 heteroatoms. The van der Waals surface area contributed by atoms with Crippen LogP contribution in [0, 0.1) is 17.3 Å². The molecule has 0 aliphatic heterocycles. The van der Waals surface area contributed by atoms with Gasteiger partial charge in [0.05, 0.1) is 7.11 Å². The van der Waals surface area contributed by atoms with E-state index in [2.05, 4.69) is 22.3 Å². The number of ether oxygens (including phenoxy) is 2. The van der Waals surface area contributed by atoms with Crippen molar-refractivity contribution in [2.24, 2.45) is 28.9 Å². The molecule has 0 aromatic heterocycles. The van der Waals surface area contributed by atoms with Crippen LogP contribution in [0.4, 0.5) is 4.79 Å². The molecule has 0 saturated heterocycles. The third kappa shape index (κ3) is 3.65. The third-order valence-corrected chi connectivity index (χ3v) is 7.75. The van der Waals surface area contributed by atoms with Crippen LogP contribution in [-0.4, -0.2) is 19.3 Å². The van der Waals surface area contributed by atoms with E-state index in [4.69, 9.17) is 25.3 Å². The standard InChI is InChI=1S/C20H28N2O6S/c1-20-8-7-12-13(15(20)5-6-18(20)25-19(21)23)4-3-11-9-17(26-29-28-27-22)16(24-2)10-14(11)12/h9-10,12-13,15,18H,3-8,22H2,1-2H3,(H2,21,23)/t12?,13?,15?,18-,20-/m0/s1. The molecule has 2 saturated carbocycles. The van der Waals surface area contributed by atoms with Gasteiger partial charge in [-0.3, -0.25) is 0 Å². The molecule has 8 nitrogen and oxygen atoms in total. The summed E-state index contributed by atoms with van der Waals surface area (Å²) in [7, 11) is 1.63. The van der Waals surface area contributed by atoms with Crippen molar-refractivity contribution in [2.75, 3.05) is 7.11 Å². The molecule has 4 N–H and O–H groups in total. The lowest BCUT2D eigenvalue weighted by Crippen LogP contribution is -2.45. The highest BCUT2D eigenvalue weighted by atomic mass is 32.2. The van der Waals surface area contributed by atoms with Crippen LogP contribution in [0.2, 0.25) is 0 Å². The van der Waals surface area contributed by atoms with Crippen molar-refractivity contribution in [1.82, 2.24) is 0 Å².